The molecule has 134 valence electrons. The van der Waals surface area contributed by atoms with Crippen molar-refractivity contribution in [3.05, 3.63) is 24.3 Å². The highest BCUT2D eigenvalue weighted by atomic mass is 16.5. The molecule has 3 rings (SSSR count). The van der Waals surface area contributed by atoms with Crippen LogP contribution in [0.25, 0.3) is 0 Å². The van der Waals surface area contributed by atoms with Gasteiger partial charge in [0.2, 0.25) is 5.91 Å². The summed E-state index contributed by atoms with van der Waals surface area (Å²) in [6.45, 7) is 3.86. The number of benzene rings is 1. The van der Waals surface area contributed by atoms with E-state index in [1.165, 1.54) is 0 Å². The molecule has 1 aromatic rings. The van der Waals surface area contributed by atoms with Crippen molar-refractivity contribution in [1.29, 1.82) is 0 Å². The van der Waals surface area contributed by atoms with E-state index >= 15 is 0 Å². The highest BCUT2D eigenvalue weighted by Gasteiger charge is 2.56. The Kier molecular flexibility index (Phi) is 4.51. The van der Waals surface area contributed by atoms with Gasteiger partial charge in [0, 0.05) is 12.8 Å². The number of amides is 4. The van der Waals surface area contributed by atoms with Crippen LogP contribution >= 0.6 is 0 Å². The number of nitrogens with one attached hydrogen (secondary N) is 2. The number of hydrogen-bond donors (Lipinski definition) is 2. The number of methoxy groups -OCH3 is 1. The first-order valence-corrected chi connectivity index (χ1v) is 8.43. The summed E-state index contributed by atoms with van der Waals surface area (Å²) in [6.07, 6.45) is 1.90. The highest BCUT2D eigenvalue weighted by Crippen LogP contribution is 2.43. The molecule has 2 fully saturated rings. The number of carbonyl (C=O) groups excluding carboxylic acids is 3. The summed E-state index contributed by atoms with van der Waals surface area (Å²) in [5.41, 5.74) is 0.152. The van der Waals surface area contributed by atoms with Gasteiger partial charge in [0.05, 0.1) is 18.2 Å². The Balaban J connectivity index is 1.78. The van der Waals surface area contributed by atoms with Crippen LogP contribution in [0.3, 0.4) is 0 Å². The Labute approximate surface area is 146 Å². The summed E-state index contributed by atoms with van der Waals surface area (Å²) >= 11 is 0. The number of rotatable bonds is 6. The lowest BCUT2D eigenvalue weighted by atomic mass is 9.96. The van der Waals surface area contributed by atoms with Crippen molar-refractivity contribution in [2.24, 2.45) is 11.8 Å². The molecule has 1 saturated carbocycles. The maximum absolute atomic E-state index is 12.8. The van der Waals surface area contributed by atoms with Gasteiger partial charge in [-0.3, -0.25) is 9.59 Å². The smallest absolute Gasteiger partial charge is 0.329 e. The average Bonchev–Trinajstić information content (AvgIpc) is 3.37. The highest BCUT2D eigenvalue weighted by molar-refractivity contribution is 6.23. The monoisotopic (exact) mass is 345 g/mol. The van der Waals surface area contributed by atoms with E-state index in [1.54, 1.807) is 45.2 Å². The number of carbonyl (C=O) groups is 3. The molecule has 1 heterocycles. The molecule has 0 spiro atoms. The molecule has 0 aromatic heterocycles. The minimum atomic E-state index is -0.830. The Morgan fingerprint density at radius 3 is 2.80 bits per heavy atom. The maximum Gasteiger partial charge on any atom is 0.329 e. The van der Waals surface area contributed by atoms with Crippen molar-refractivity contribution < 1.29 is 19.1 Å². The quantitative estimate of drug-likeness (QED) is 0.773. The standard InChI is InChI=1S/C18H23N3O4/c1-11(10-25-3)15(22)19-13-5-4-6-14(9-13)21-16(23)18(2,12-7-8-12)20-17(21)24/h4-6,9,11-12H,7-8,10H2,1-3H3,(H,19,22)(H,20,24)/t11-,18-/m1/s1. The van der Waals surface area contributed by atoms with Crippen molar-refractivity contribution in [1.82, 2.24) is 5.32 Å². The number of imide groups is 1. The van der Waals surface area contributed by atoms with Gasteiger partial charge in [-0.1, -0.05) is 13.0 Å². The van der Waals surface area contributed by atoms with Gasteiger partial charge >= 0.3 is 6.03 Å². The Morgan fingerprint density at radius 1 is 1.44 bits per heavy atom. The summed E-state index contributed by atoms with van der Waals surface area (Å²) in [7, 11) is 1.54. The molecule has 2 aliphatic rings. The maximum atomic E-state index is 12.8. The van der Waals surface area contributed by atoms with Gasteiger partial charge in [0.15, 0.2) is 0 Å². The number of hydrogen-bond acceptors (Lipinski definition) is 4. The van der Waals surface area contributed by atoms with Crippen molar-refractivity contribution >= 4 is 29.2 Å². The van der Waals surface area contributed by atoms with E-state index < -0.39 is 11.6 Å². The molecule has 2 atom stereocenters. The summed E-state index contributed by atoms with van der Waals surface area (Å²) in [6, 6.07) is 6.33. The molecule has 1 aliphatic carbocycles. The van der Waals surface area contributed by atoms with Crippen molar-refractivity contribution in [2.75, 3.05) is 23.9 Å². The van der Waals surface area contributed by atoms with Crippen molar-refractivity contribution in [3.8, 4) is 0 Å². The topological polar surface area (TPSA) is 87.7 Å². The van der Waals surface area contributed by atoms with E-state index in [2.05, 4.69) is 10.6 Å². The SMILES string of the molecule is COC[C@@H](C)C(=O)Nc1cccc(N2C(=O)N[C@](C)(C3CC3)C2=O)c1. The van der Waals surface area contributed by atoms with Crippen LogP contribution in [0.4, 0.5) is 16.2 Å². The molecule has 25 heavy (non-hydrogen) atoms. The molecule has 4 amide bonds. The largest absolute Gasteiger partial charge is 0.384 e. The van der Waals surface area contributed by atoms with Gasteiger partial charge < -0.3 is 15.4 Å². The second kappa shape index (κ2) is 6.48. The lowest BCUT2D eigenvalue weighted by molar-refractivity contribution is -0.122. The molecule has 0 radical (unpaired) electrons. The first-order valence-electron chi connectivity index (χ1n) is 8.43. The molecule has 2 N–H and O–H groups in total. The summed E-state index contributed by atoms with van der Waals surface area (Å²) < 4.78 is 4.98. The van der Waals surface area contributed by atoms with E-state index in [1.807, 2.05) is 0 Å². The lowest BCUT2D eigenvalue weighted by Gasteiger charge is -2.21. The van der Waals surface area contributed by atoms with Gasteiger partial charge in [0.1, 0.15) is 5.54 Å². The van der Waals surface area contributed by atoms with Crippen LogP contribution in [-0.4, -0.2) is 37.1 Å². The second-order valence-electron chi connectivity index (χ2n) is 6.94. The zero-order valence-electron chi connectivity index (χ0n) is 14.7. The summed E-state index contributed by atoms with van der Waals surface area (Å²) in [5.74, 6) is -0.523. The molecular formula is C18H23N3O4. The lowest BCUT2D eigenvalue weighted by Crippen LogP contribution is -2.46. The van der Waals surface area contributed by atoms with E-state index in [-0.39, 0.29) is 23.7 Å². The average molecular weight is 345 g/mol. The summed E-state index contributed by atoms with van der Waals surface area (Å²) in [4.78, 5) is 38.4. The van der Waals surface area contributed by atoms with Crippen LogP contribution in [0.15, 0.2) is 24.3 Å². The van der Waals surface area contributed by atoms with Gasteiger partial charge in [-0.05, 0) is 43.9 Å². The van der Waals surface area contributed by atoms with Crippen molar-refractivity contribution in [3.63, 3.8) is 0 Å². The van der Waals surface area contributed by atoms with Crippen LogP contribution in [0.2, 0.25) is 0 Å². The van der Waals surface area contributed by atoms with Crippen LogP contribution in [0.5, 0.6) is 0 Å². The Bertz CT molecular complexity index is 716. The molecule has 1 aromatic carbocycles. The Morgan fingerprint density at radius 2 is 2.16 bits per heavy atom. The van der Waals surface area contributed by atoms with E-state index in [0.717, 1.165) is 17.7 Å². The van der Waals surface area contributed by atoms with Crippen LogP contribution < -0.4 is 15.5 Å². The zero-order chi connectivity index (χ0) is 18.2. The fourth-order valence-corrected chi connectivity index (χ4v) is 3.14. The fraction of sp³-hybridized carbons (Fsp3) is 0.500. The molecule has 1 aliphatic heterocycles. The summed E-state index contributed by atoms with van der Waals surface area (Å²) in [5, 5.41) is 5.61. The molecule has 0 unspecified atom stereocenters. The molecule has 7 nitrogen and oxygen atoms in total. The van der Waals surface area contributed by atoms with E-state index in [4.69, 9.17) is 4.74 Å². The fourth-order valence-electron chi connectivity index (χ4n) is 3.14. The minimum Gasteiger partial charge on any atom is -0.384 e. The third-order valence-corrected chi connectivity index (χ3v) is 4.85. The predicted molar refractivity (Wildman–Crippen MR) is 93.3 cm³/mol. The van der Waals surface area contributed by atoms with Crippen LogP contribution in [0.1, 0.15) is 26.7 Å². The molecule has 1 saturated heterocycles. The zero-order valence-corrected chi connectivity index (χ0v) is 14.7. The number of ether oxygens (including phenoxy) is 1. The number of anilines is 2. The third kappa shape index (κ3) is 3.24. The van der Waals surface area contributed by atoms with Gasteiger partial charge in [-0.15, -0.1) is 0 Å². The van der Waals surface area contributed by atoms with Crippen molar-refractivity contribution in [2.45, 2.75) is 32.2 Å². The van der Waals surface area contributed by atoms with E-state index in [9.17, 15) is 14.4 Å². The number of urea groups is 1. The molecule has 7 heteroatoms. The first-order chi connectivity index (χ1) is 11.9. The van der Waals surface area contributed by atoms with Crippen LogP contribution in [0, 0.1) is 11.8 Å². The Hall–Kier alpha value is -2.41. The molecule has 0 bridgehead atoms. The first kappa shape index (κ1) is 17.4. The van der Waals surface area contributed by atoms with Crippen LogP contribution in [-0.2, 0) is 14.3 Å². The second-order valence-corrected chi connectivity index (χ2v) is 6.94. The van der Waals surface area contributed by atoms with Gasteiger partial charge in [-0.25, -0.2) is 9.69 Å². The normalized spacial score (nSPS) is 24.2. The van der Waals surface area contributed by atoms with E-state index in [0.29, 0.717) is 18.0 Å². The van der Waals surface area contributed by atoms with Gasteiger partial charge in [0.25, 0.3) is 5.91 Å². The predicted octanol–water partition coefficient (Wildman–Crippen LogP) is 2.13. The third-order valence-electron chi connectivity index (χ3n) is 4.85. The molecular weight excluding hydrogens is 322 g/mol. The van der Waals surface area contributed by atoms with Gasteiger partial charge in [-0.2, -0.15) is 0 Å². The number of nitrogens with zero attached hydrogens (tertiary/aromatic N) is 1. The minimum absolute atomic E-state index is 0.181.